The smallest absolute Gasteiger partial charge is 0.354 e. The van der Waals surface area contributed by atoms with Crippen molar-refractivity contribution in [1.29, 1.82) is 0 Å². The number of sulfone groups is 1. The van der Waals surface area contributed by atoms with E-state index in [9.17, 15) is 48.7 Å². The number of carbonyl (C=O) groups excluding carboxylic acids is 2. The minimum atomic E-state index is -5.91. The molecule has 2 aromatic rings. The van der Waals surface area contributed by atoms with Crippen LogP contribution in [0.25, 0.3) is 0 Å². The second-order valence-electron chi connectivity index (χ2n) is 12.6. The zero-order valence-corrected chi connectivity index (χ0v) is 26.9. The Morgan fingerprint density at radius 2 is 1.35 bits per heavy atom. The van der Waals surface area contributed by atoms with E-state index in [0.717, 1.165) is 36.4 Å². The number of piperazine rings is 1. The maximum Gasteiger partial charge on any atom is 0.430 e. The number of amides is 3. The van der Waals surface area contributed by atoms with Crippen molar-refractivity contribution in [2.24, 2.45) is 5.92 Å². The number of halogens is 7. The largest absolute Gasteiger partial charge is 0.430 e. The highest BCUT2D eigenvalue weighted by Crippen LogP contribution is 2.54. The SMILES string of the molecule is CC(=O)N1CCN(C(=O)N2CCC(c3ccc(C(OCC4CCCC4)(C(F)(F)F)C(F)(F)F)cc3)(S(=O)(=O)c3ccc(F)cc3)C2)CC1. The molecule has 3 amide bonds. The monoisotopic (exact) mass is 707 g/mol. The molecule has 1 aliphatic carbocycles. The van der Waals surface area contributed by atoms with Crippen LogP contribution in [0.1, 0.15) is 50.2 Å². The van der Waals surface area contributed by atoms with Gasteiger partial charge in [-0.2, -0.15) is 26.3 Å². The van der Waals surface area contributed by atoms with Crippen molar-refractivity contribution in [1.82, 2.24) is 14.7 Å². The maximum absolute atomic E-state index is 14.5. The van der Waals surface area contributed by atoms with Crippen LogP contribution in [0.3, 0.4) is 0 Å². The van der Waals surface area contributed by atoms with E-state index >= 15 is 0 Å². The van der Waals surface area contributed by atoms with Crippen LogP contribution in [0.15, 0.2) is 53.4 Å². The van der Waals surface area contributed by atoms with Crippen LogP contribution in [0.4, 0.5) is 35.5 Å². The molecule has 3 fully saturated rings. The molecule has 16 heteroatoms. The lowest BCUT2D eigenvalue weighted by molar-refractivity contribution is -0.391. The number of carbonyl (C=O) groups is 2. The third-order valence-corrected chi connectivity index (χ3v) is 12.3. The molecule has 48 heavy (non-hydrogen) atoms. The van der Waals surface area contributed by atoms with Crippen molar-refractivity contribution < 1.29 is 53.5 Å². The quantitative estimate of drug-likeness (QED) is 0.260. The summed E-state index contributed by atoms with van der Waals surface area (Å²) >= 11 is 0. The lowest BCUT2D eigenvalue weighted by Crippen LogP contribution is -2.56. The summed E-state index contributed by atoms with van der Waals surface area (Å²) < 4.78 is 132. The van der Waals surface area contributed by atoms with Crippen molar-refractivity contribution in [2.75, 3.05) is 45.9 Å². The van der Waals surface area contributed by atoms with Crippen molar-refractivity contribution in [3.8, 4) is 0 Å². The molecule has 2 heterocycles. The molecular formula is C32H36F7N3O5S. The van der Waals surface area contributed by atoms with Crippen LogP contribution in [0, 0.1) is 11.7 Å². The van der Waals surface area contributed by atoms with E-state index in [1.165, 1.54) is 16.7 Å². The van der Waals surface area contributed by atoms with Gasteiger partial charge in [-0.3, -0.25) is 4.79 Å². The first-order valence-electron chi connectivity index (χ1n) is 15.6. The molecule has 8 nitrogen and oxygen atoms in total. The Bertz CT molecular complexity index is 1570. The molecule has 3 aliphatic rings. The summed E-state index contributed by atoms with van der Waals surface area (Å²) in [5.41, 5.74) is -6.06. The van der Waals surface area contributed by atoms with Crippen LogP contribution in [-0.4, -0.2) is 93.3 Å². The topological polar surface area (TPSA) is 87.2 Å². The predicted octanol–water partition coefficient (Wildman–Crippen LogP) is 6.01. The second-order valence-corrected chi connectivity index (χ2v) is 14.9. The number of hydrogen-bond donors (Lipinski definition) is 0. The van der Waals surface area contributed by atoms with Gasteiger partial charge >= 0.3 is 18.4 Å². The Kier molecular flexibility index (Phi) is 9.83. The highest BCUT2D eigenvalue weighted by atomic mass is 32.2. The first kappa shape index (κ1) is 35.9. The molecule has 0 N–H and O–H groups in total. The summed E-state index contributed by atoms with van der Waals surface area (Å²) in [4.78, 5) is 29.2. The first-order valence-corrected chi connectivity index (χ1v) is 17.1. The van der Waals surface area contributed by atoms with Gasteiger partial charge < -0.3 is 19.4 Å². The Morgan fingerprint density at radius 3 is 1.88 bits per heavy atom. The molecule has 0 radical (unpaired) electrons. The van der Waals surface area contributed by atoms with Gasteiger partial charge in [0, 0.05) is 51.8 Å². The number of likely N-dealkylation sites (tertiary alicyclic amines) is 1. The predicted molar refractivity (Wildman–Crippen MR) is 159 cm³/mol. The molecule has 2 aromatic carbocycles. The van der Waals surface area contributed by atoms with Gasteiger partial charge in [0.15, 0.2) is 9.84 Å². The van der Waals surface area contributed by atoms with Crippen LogP contribution in [-0.2, 0) is 29.7 Å². The van der Waals surface area contributed by atoms with E-state index in [1.54, 1.807) is 4.90 Å². The molecule has 1 unspecified atom stereocenters. The fourth-order valence-electron chi connectivity index (χ4n) is 6.97. The van der Waals surface area contributed by atoms with E-state index in [-0.39, 0.29) is 55.5 Å². The van der Waals surface area contributed by atoms with Gasteiger partial charge in [-0.1, -0.05) is 37.1 Å². The molecular weight excluding hydrogens is 671 g/mol. The number of urea groups is 1. The summed E-state index contributed by atoms with van der Waals surface area (Å²) in [5.74, 6) is -1.36. The van der Waals surface area contributed by atoms with E-state index in [4.69, 9.17) is 4.74 Å². The number of nitrogens with zero attached hydrogens (tertiary/aromatic N) is 3. The molecule has 0 aromatic heterocycles. The van der Waals surface area contributed by atoms with Gasteiger partial charge in [-0.05, 0) is 55.0 Å². The third-order valence-electron chi connectivity index (χ3n) is 9.76. The van der Waals surface area contributed by atoms with Gasteiger partial charge in [0.25, 0.3) is 5.60 Å². The summed E-state index contributed by atoms with van der Waals surface area (Å²) in [7, 11) is -4.52. The van der Waals surface area contributed by atoms with E-state index < -0.39 is 69.0 Å². The number of benzene rings is 2. The Labute approximate surface area is 273 Å². The number of rotatable bonds is 7. The fraction of sp³-hybridized carbons (Fsp3) is 0.562. The average Bonchev–Trinajstić information content (AvgIpc) is 3.72. The molecule has 1 atom stereocenters. The first-order chi connectivity index (χ1) is 22.4. The zero-order valence-electron chi connectivity index (χ0n) is 26.1. The summed E-state index contributed by atoms with van der Waals surface area (Å²) in [6, 6.07) is 6.30. The van der Waals surface area contributed by atoms with Crippen molar-refractivity contribution in [3.63, 3.8) is 0 Å². The molecule has 2 aliphatic heterocycles. The Balaban J connectivity index is 1.53. The second kappa shape index (κ2) is 13.1. The van der Waals surface area contributed by atoms with E-state index in [2.05, 4.69) is 0 Å². The molecule has 0 bridgehead atoms. The van der Waals surface area contributed by atoms with Gasteiger partial charge in [0.05, 0.1) is 11.5 Å². The zero-order chi connectivity index (χ0) is 35.1. The van der Waals surface area contributed by atoms with Crippen molar-refractivity contribution in [3.05, 3.63) is 65.5 Å². The van der Waals surface area contributed by atoms with E-state index in [0.29, 0.717) is 37.8 Å². The maximum atomic E-state index is 14.5. The fourth-order valence-corrected chi connectivity index (χ4v) is 9.05. The normalized spacial score (nSPS) is 21.6. The van der Waals surface area contributed by atoms with Crippen LogP contribution >= 0.6 is 0 Å². The van der Waals surface area contributed by atoms with Gasteiger partial charge in [-0.25, -0.2) is 17.6 Å². The third kappa shape index (κ3) is 6.37. The van der Waals surface area contributed by atoms with Gasteiger partial charge in [0.2, 0.25) is 5.91 Å². The molecule has 264 valence electrons. The average molecular weight is 708 g/mol. The van der Waals surface area contributed by atoms with Crippen LogP contribution in [0.2, 0.25) is 0 Å². The van der Waals surface area contributed by atoms with E-state index in [1.807, 2.05) is 0 Å². The highest BCUT2D eigenvalue weighted by Gasteiger charge is 2.73. The van der Waals surface area contributed by atoms with Gasteiger partial charge in [0.1, 0.15) is 10.6 Å². The molecule has 5 rings (SSSR count). The molecule has 2 saturated heterocycles. The van der Waals surface area contributed by atoms with Crippen molar-refractivity contribution in [2.45, 2.75) is 66.6 Å². The highest BCUT2D eigenvalue weighted by molar-refractivity contribution is 7.92. The number of alkyl halides is 6. The van der Waals surface area contributed by atoms with Crippen LogP contribution in [0.5, 0.6) is 0 Å². The Morgan fingerprint density at radius 1 is 0.812 bits per heavy atom. The summed E-state index contributed by atoms with van der Waals surface area (Å²) in [6.45, 7) is 0.941. The lowest BCUT2D eigenvalue weighted by atomic mass is 9.88. The number of ether oxygens (including phenoxy) is 1. The summed E-state index contributed by atoms with van der Waals surface area (Å²) in [6.07, 6.45) is -9.84. The minimum Gasteiger partial charge on any atom is -0.354 e. The summed E-state index contributed by atoms with van der Waals surface area (Å²) in [5, 5.41) is 0. The Hall–Kier alpha value is -3.40. The number of hydrogen-bond acceptors (Lipinski definition) is 5. The standard InChI is InChI=1S/C32H36F7N3O5S/c1-22(43)40-16-18-41(19-17-40)28(44)42-15-14-29(21-42,48(45,46)27-12-10-26(33)11-13-27)24-6-8-25(9-7-24)30(31(34,35)36,32(37,38)39)47-20-23-4-2-3-5-23/h6-13,23H,2-5,14-21H2,1H3. The lowest BCUT2D eigenvalue weighted by Gasteiger charge is -2.38. The minimum absolute atomic E-state index is 0.104. The van der Waals surface area contributed by atoms with Crippen molar-refractivity contribution >= 4 is 21.8 Å². The molecule has 0 spiro atoms. The van der Waals surface area contributed by atoms with Gasteiger partial charge in [-0.15, -0.1) is 0 Å². The molecule has 1 saturated carbocycles. The van der Waals surface area contributed by atoms with Crippen LogP contribution < -0.4 is 0 Å².